The lowest BCUT2D eigenvalue weighted by Gasteiger charge is -2.04. The van der Waals surface area contributed by atoms with Crippen molar-refractivity contribution >= 4 is 29.4 Å². The van der Waals surface area contributed by atoms with Gasteiger partial charge >= 0.3 is 0 Å². The van der Waals surface area contributed by atoms with Crippen molar-refractivity contribution in [3.05, 3.63) is 66.0 Å². The van der Waals surface area contributed by atoms with Crippen LogP contribution in [0.2, 0.25) is 0 Å². The predicted octanol–water partition coefficient (Wildman–Crippen LogP) is 4.79. The van der Waals surface area contributed by atoms with Crippen LogP contribution in [0.5, 0.6) is 0 Å². The molecule has 2 aromatic carbocycles. The van der Waals surface area contributed by atoms with Gasteiger partial charge in [-0.3, -0.25) is 4.79 Å². The Balaban J connectivity index is 1.94. The summed E-state index contributed by atoms with van der Waals surface area (Å²) in [6.45, 7) is 0. The monoisotopic (exact) mass is 323 g/mol. The lowest BCUT2D eigenvalue weighted by atomic mass is 10.2. The number of rotatable bonds is 5. The van der Waals surface area contributed by atoms with Crippen LogP contribution in [0.4, 0.5) is 18.9 Å². The SMILES string of the molecule is O=C(/C=C/c1cccc(F)c1)Nc1ccc(SC(F)F)cc1. The Hall–Kier alpha value is -2.21. The van der Waals surface area contributed by atoms with Crippen LogP contribution in [-0.4, -0.2) is 11.7 Å². The van der Waals surface area contributed by atoms with Crippen LogP contribution in [0, 0.1) is 5.82 Å². The van der Waals surface area contributed by atoms with Crippen LogP contribution in [-0.2, 0) is 4.79 Å². The highest BCUT2D eigenvalue weighted by atomic mass is 32.2. The van der Waals surface area contributed by atoms with Crippen molar-refractivity contribution in [3.8, 4) is 0 Å². The summed E-state index contributed by atoms with van der Waals surface area (Å²) in [6.07, 6.45) is 2.76. The van der Waals surface area contributed by atoms with Gasteiger partial charge in [0.25, 0.3) is 5.76 Å². The highest BCUT2D eigenvalue weighted by Crippen LogP contribution is 2.26. The summed E-state index contributed by atoms with van der Waals surface area (Å²) in [5.74, 6) is -3.25. The Bertz CT molecular complexity index is 671. The van der Waals surface area contributed by atoms with Gasteiger partial charge in [0.15, 0.2) is 0 Å². The molecule has 0 aliphatic heterocycles. The number of hydrogen-bond acceptors (Lipinski definition) is 2. The van der Waals surface area contributed by atoms with Gasteiger partial charge in [0.1, 0.15) is 5.82 Å². The van der Waals surface area contributed by atoms with Crippen molar-refractivity contribution in [2.24, 2.45) is 0 Å². The van der Waals surface area contributed by atoms with E-state index >= 15 is 0 Å². The maximum atomic E-state index is 13.0. The molecule has 0 aliphatic carbocycles. The standard InChI is InChI=1S/C16H12F3NOS/c17-12-3-1-2-11(10-12)4-9-15(21)20-13-5-7-14(8-6-13)22-16(18)19/h1-10,16H,(H,20,21)/b9-4+. The quantitative estimate of drug-likeness (QED) is 0.633. The third-order valence-electron chi connectivity index (χ3n) is 2.62. The van der Waals surface area contributed by atoms with Gasteiger partial charge in [0.05, 0.1) is 0 Å². The molecule has 0 heterocycles. The molecule has 0 atom stereocenters. The van der Waals surface area contributed by atoms with Crippen molar-refractivity contribution in [2.45, 2.75) is 10.7 Å². The molecule has 6 heteroatoms. The maximum Gasteiger partial charge on any atom is 0.288 e. The van der Waals surface area contributed by atoms with E-state index in [4.69, 9.17) is 0 Å². The Labute approximate surface area is 130 Å². The minimum atomic E-state index is -2.48. The normalized spacial score (nSPS) is 11.1. The van der Waals surface area contributed by atoms with Gasteiger partial charge in [-0.25, -0.2) is 4.39 Å². The summed E-state index contributed by atoms with van der Waals surface area (Å²) in [7, 11) is 0. The molecule has 2 rings (SSSR count). The van der Waals surface area contributed by atoms with Crippen LogP contribution in [0.15, 0.2) is 59.5 Å². The molecule has 2 nitrogen and oxygen atoms in total. The molecule has 2 aromatic rings. The third kappa shape index (κ3) is 5.29. The summed E-state index contributed by atoms with van der Waals surface area (Å²) >= 11 is 0.439. The van der Waals surface area contributed by atoms with Crippen LogP contribution < -0.4 is 5.32 Å². The fourth-order valence-corrected chi connectivity index (χ4v) is 2.18. The van der Waals surface area contributed by atoms with Crippen LogP contribution >= 0.6 is 11.8 Å². The molecule has 0 saturated heterocycles. The second kappa shape index (κ2) is 7.70. The molecular weight excluding hydrogens is 311 g/mol. The molecule has 0 radical (unpaired) electrons. The molecule has 0 saturated carbocycles. The first-order valence-electron chi connectivity index (χ1n) is 6.32. The van der Waals surface area contributed by atoms with Crippen LogP contribution in [0.3, 0.4) is 0 Å². The molecule has 114 valence electrons. The van der Waals surface area contributed by atoms with Crippen LogP contribution in [0.25, 0.3) is 6.08 Å². The Kier molecular flexibility index (Phi) is 5.66. The smallest absolute Gasteiger partial charge is 0.288 e. The molecule has 0 spiro atoms. The highest BCUT2D eigenvalue weighted by Gasteiger charge is 2.05. The second-order valence-corrected chi connectivity index (χ2v) is 5.34. The minimum Gasteiger partial charge on any atom is -0.323 e. The third-order valence-corrected chi connectivity index (χ3v) is 3.35. The predicted molar refractivity (Wildman–Crippen MR) is 82.4 cm³/mol. The number of hydrogen-bond donors (Lipinski definition) is 1. The van der Waals surface area contributed by atoms with E-state index in [2.05, 4.69) is 5.32 Å². The van der Waals surface area contributed by atoms with E-state index < -0.39 is 11.7 Å². The fourth-order valence-electron chi connectivity index (χ4n) is 1.69. The van der Waals surface area contributed by atoms with Gasteiger partial charge in [-0.1, -0.05) is 23.9 Å². The van der Waals surface area contributed by atoms with E-state index in [1.54, 1.807) is 24.3 Å². The van der Waals surface area contributed by atoms with Crippen molar-refractivity contribution in [1.82, 2.24) is 0 Å². The number of thioether (sulfide) groups is 1. The molecule has 0 aromatic heterocycles. The van der Waals surface area contributed by atoms with Gasteiger partial charge in [0.2, 0.25) is 5.91 Å². The Morgan fingerprint density at radius 1 is 1.14 bits per heavy atom. The summed E-state index contributed by atoms with van der Waals surface area (Å²) in [4.78, 5) is 12.1. The van der Waals surface area contributed by atoms with Gasteiger partial charge < -0.3 is 5.32 Å². The van der Waals surface area contributed by atoms with E-state index in [1.807, 2.05) is 0 Å². The lowest BCUT2D eigenvalue weighted by Crippen LogP contribution is -2.07. The van der Waals surface area contributed by atoms with Crippen LogP contribution in [0.1, 0.15) is 5.56 Å². The molecular formula is C16H12F3NOS. The number of alkyl halides is 2. The van der Waals surface area contributed by atoms with Crippen molar-refractivity contribution in [2.75, 3.05) is 5.32 Å². The molecule has 0 unspecified atom stereocenters. The second-order valence-electron chi connectivity index (χ2n) is 4.28. The number of nitrogens with one attached hydrogen (secondary N) is 1. The largest absolute Gasteiger partial charge is 0.323 e. The van der Waals surface area contributed by atoms with E-state index in [-0.39, 0.29) is 5.82 Å². The zero-order valence-electron chi connectivity index (χ0n) is 11.3. The lowest BCUT2D eigenvalue weighted by molar-refractivity contribution is -0.111. The van der Waals surface area contributed by atoms with E-state index in [1.165, 1.54) is 36.4 Å². The summed E-state index contributed by atoms with van der Waals surface area (Å²) in [5.41, 5.74) is 1.06. The molecule has 22 heavy (non-hydrogen) atoms. The molecule has 1 N–H and O–H groups in total. The minimum absolute atomic E-state index is 0.380. The first-order chi connectivity index (χ1) is 10.5. The van der Waals surface area contributed by atoms with E-state index in [0.29, 0.717) is 27.9 Å². The van der Waals surface area contributed by atoms with Gasteiger partial charge in [-0.05, 0) is 48.0 Å². The number of halogens is 3. The van der Waals surface area contributed by atoms with Crippen molar-refractivity contribution < 1.29 is 18.0 Å². The van der Waals surface area contributed by atoms with E-state index in [0.717, 1.165) is 0 Å². The number of carbonyl (C=O) groups is 1. The summed E-state index contributed by atoms with van der Waals surface area (Å²) in [5, 5.41) is 2.59. The number of amides is 1. The number of benzene rings is 2. The number of anilines is 1. The Morgan fingerprint density at radius 3 is 2.50 bits per heavy atom. The zero-order valence-corrected chi connectivity index (χ0v) is 12.1. The fraction of sp³-hybridized carbons (Fsp3) is 0.0625. The summed E-state index contributed by atoms with van der Waals surface area (Å²) in [6, 6.07) is 11.9. The highest BCUT2D eigenvalue weighted by molar-refractivity contribution is 7.99. The molecule has 0 aliphatic rings. The zero-order chi connectivity index (χ0) is 15.9. The van der Waals surface area contributed by atoms with E-state index in [9.17, 15) is 18.0 Å². The van der Waals surface area contributed by atoms with Gasteiger partial charge in [-0.2, -0.15) is 8.78 Å². The first-order valence-corrected chi connectivity index (χ1v) is 7.20. The van der Waals surface area contributed by atoms with Crippen molar-refractivity contribution in [1.29, 1.82) is 0 Å². The van der Waals surface area contributed by atoms with Crippen molar-refractivity contribution in [3.63, 3.8) is 0 Å². The number of carbonyl (C=O) groups excluding carboxylic acids is 1. The van der Waals surface area contributed by atoms with Gasteiger partial charge in [0, 0.05) is 16.7 Å². The first kappa shape index (κ1) is 16.2. The average molecular weight is 323 g/mol. The maximum absolute atomic E-state index is 13.0. The molecule has 0 bridgehead atoms. The Morgan fingerprint density at radius 2 is 1.86 bits per heavy atom. The average Bonchev–Trinajstić information content (AvgIpc) is 2.47. The topological polar surface area (TPSA) is 29.1 Å². The molecule has 0 fully saturated rings. The molecule has 1 amide bonds. The van der Waals surface area contributed by atoms with Gasteiger partial charge in [-0.15, -0.1) is 0 Å². The summed E-state index contributed by atoms with van der Waals surface area (Å²) < 4.78 is 37.3.